The Morgan fingerprint density at radius 1 is 1.14 bits per heavy atom. The number of hydrogen-bond donors (Lipinski definition) is 1. The summed E-state index contributed by atoms with van der Waals surface area (Å²) in [7, 11) is 0. The zero-order chi connectivity index (χ0) is 15.1. The van der Waals surface area contributed by atoms with Gasteiger partial charge in [-0.3, -0.25) is 4.79 Å². The van der Waals surface area contributed by atoms with Crippen molar-refractivity contribution in [1.82, 2.24) is 5.32 Å². The van der Waals surface area contributed by atoms with Crippen LogP contribution in [0, 0.1) is 5.82 Å². The van der Waals surface area contributed by atoms with Crippen molar-refractivity contribution in [2.45, 2.75) is 30.0 Å². The van der Waals surface area contributed by atoms with Crippen LogP contribution >= 0.6 is 11.8 Å². The lowest BCUT2D eigenvalue weighted by Gasteiger charge is -2.14. The van der Waals surface area contributed by atoms with Crippen LogP contribution in [0.4, 0.5) is 4.39 Å². The lowest BCUT2D eigenvalue weighted by atomic mass is 10.2. The molecule has 4 heteroatoms. The molecule has 1 atom stereocenters. The molecule has 21 heavy (non-hydrogen) atoms. The van der Waals surface area contributed by atoms with Crippen molar-refractivity contribution in [3.8, 4) is 0 Å². The van der Waals surface area contributed by atoms with E-state index in [1.807, 2.05) is 37.3 Å². The van der Waals surface area contributed by atoms with Gasteiger partial charge < -0.3 is 5.32 Å². The van der Waals surface area contributed by atoms with E-state index >= 15 is 0 Å². The number of amides is 1. The molecule has 1 unspecified atom stereocenters. The fourth-order valence-corrected chi connectivity index (χ4v) is 2.88. The lowest BCUT2D eigenvalue weighted by molar-refractivity contribution is -0.120. The molecule has 0 radical (unpaired) electrons. The second kappa shape index (κ2) is 7.84. The van der Waals surface area contributed by atoms with Crippen LogP contribution in [-0.4, -0.2) is 11.2 Å². The molecule has 0 saturated heterocycles. The molecular formula is C17H18FNOS. The van der Waals surface area contributed by atoms with Crippen molar-refractivity contribution < 1.29 is 9.18 Å². The molecule has 2 nitrogen and oxygen atoms in total. The van der Waals surface area contributed by atoms with Crippen molar-refractivity contribution in [1.29, 1.82) is 0 Å². The molecule has 0 saturated carbocycles. The summed E-state index contributed by atoms with van der Waals surface area (Å²) in [5.74, 6) is -0.253. The first-order valence-corrected chi connectivity index (χ1v) is 7.81. The molecule has 110 valence electrons. The standard InChI is InChI=1S/C17H18FNOS/c1-2-16(21-15-10-8-14(18)9-11-15)17(20)19-12-13-6-4-3-5-7-13/h3-11,16H,2,12H2,1H3,(H,19,20). The second-order valence-corrected chi connectivity index (χ2v) is 5.95. The van der Waals surface area contributed by atoms with Crippen molar-refractivity contribution in [3.63, 3.8) is 0 Å². The summed E-state index contributed by atoms with van der Waals surface area (Å²) in [5, 5.41) is 2.78. The molecule has 0 aliphatic rings. The predicted molar refractivity (Wildman–Crippen MR) is 84.6 cm³/mol. The fraction of sp³-hybridized carbons (Fsp3) is 0.235. The van der Waals surface area contributed by atoms with Gasteiger partial charge in [0.2, 0.25) is 5.91 Å². The average molecular weight is 303 g/mol. The molecule has 0 bridgehead atoms. The van der Waals surface area contributed by atoms with Crippen LogP contribution in [0.5, 0.6) is 0 Å². The molecule has 1 amide bonds. The quantitative estimate of drug-likeness (QED) is 0.817. The highest BCUT2D eigenvalue weighted by molar-refractivity contribution is 8.00. The van der Waals surface area contributed by atoms with Crippen molar-refractivity contribution in [3.05, 3.63) is 66.0 Å². The van der Waals surface area contributed by atoms with Crippen LogP contribution in [-0.2, 0) is 11.3 Å². The highest BCUT2D eigenvalue weighted by Crippen LogP contribution is 2.25. The first kappa shape index (κ1) is 15.6. The number of carbonyl (C=O) groups is 1. The Labute approximate surface area is 128 Å². The first-order chi connectivity index (χ1) is 10.2. The van der Waals surface area contributed by atoms with Crippen LogP contribution in [0.15, 0.2) is 59.5 Å². The molecule has 0 aromatic heterocycles. The van der Waals surface area contributed by atoms with Gasteiger partial charge in [0.1, 0.15) is 5.82 Å². The Morgan fingerprint density at radius 3 is 2.43 bits per heavy atom. The molecule has 1 N–H and O–H groups in total. The van der Waals surface area contributed by atoms with E-state index in [0.717, 1.165) is 16.9 Å². The number of thioether (sulfide) groups is 1. The Hall–Kier alpha value is -1.81. The SMILES string of the molecule is CCC(Sc1ccc(F)cc1)C(=O)NCc1ccccc1. The zero-order valence-electron chi connectivity index (χ0n) is 11.9. The van der Waals surface area contributed by atoms with Gasteiger partial charge in [0, 0.05) is 11.4 Å². The summed E-state index contributed by atoms with van der Waals surface area (Å²) in [6, 6.07) is 16.0. The normalized spacial score (nSPS) is 11.9. The average Bonchev–Trinajstić information content (AvgIpc) is 2.53. The van der Waals surface area contributed by atoms with E-state index in [0.29, 0.717) is 6.54 Å². The van der Waals surface area contributed by atoms with Gasteiger partial charge >= 0.3 is 0 Å². The monoisotopic (exact) mass is 303 g/mol. The topological polar surface area (TPSA) is 29.1 Å². The van der Waals surface area contributed by atoms with Crippen LogP contribution < -0.4 is 5.32 Å². The highest BCUT2D eigenvalue weighted by atomic mass is 32.2. The third-order valence-corrected chi connectivity index (χ3v) is 4.44. The summed E-state index contributed by atoms with van der Waals surface area (Å²) < 4.78 is 12.9. The molecule has 2 rings (SSSR count). The van der Waals surface area contributed by atoms with Gasteiger partial charge in [0.15, 0.2) is 0 Å². The Bertz CT molecular complexity index is 571. The van der Waals surface area contributed by atoms with Crippen molar-refractivity contribution in [2.24, 2.45) is 0 Å². The summed E-state index contributed by atoms with van der Waals surface area (Å²) in [6.45, 7) is 2.50. The number of rotatable bonds is 6. The van der Waals surface area contributed by atoms with Crippen molar-refractivity contribution >= 4 is 17.7 Å². The van der Waals surface area contributed by atoms with Gasteiger partial charge in [-0.15, -0.1) is 11.8 Å². The molecule has 2 aromatic rings. The molecule has 0 heterocycles. The summed E-state index contributed by atoms with van der Waals surface area (Å²) in [6.07, 6.45) is 0.725. The van der Waals surface area contributed by atoms with E-state index < -0.39 is 0 Å². The van der Waals surface area contributed by atoms with Gasteiger partial charge in [-0.2, -0.15) is 0 Å². The van der Waals surface area contributed by atoms with Gasteiger partial charge in [0.25, 0.3) is 0 Å². The van der Waals surface area contributed by atoms with Gasteiger partial charge in [-0.25, -0.2) is 4.39 Å². The maximum Gasteiger partial charge on any atom is 0.233 e. The minimum Gasteiger partial charge on any atom is -0.351 e. The maximum absolute atomic E-state index is 12.9. The predicted octanol–water partition coefficient (Wildman–Crippen LogP) is 4.01. The maximum atomic E-state index is 12.9. The molecule has 0 aliphatic heterocycles. The van der Waals surface area contributed by atoms with Gasteiger partial charge in [0.05, 0.1) is 5.25 Å². The third-order valence-electron chi connectivity index (χ3n) is 3.06. The van der Waals surface area contributed by atoms with Gasteiger partial charge in [-0.1, -0.05) is 37.3 Å². The Kier molecular flexibility index (Phi) is 5.81. The Balaban J connectivity index is 1.90. The van der Waals surface area contributed by atoms with Crippen LogP contribution in [0.2, 0.25) is 0 Å². The first-order valence-electron chi connectivity index (χ1n) is 6.93. The number of carbonyl (C=O) groups excluding carboxylic acids is 1. The number of halogens is 1. The van der Waals surface area contributed by atoms with E-state index in [4.69, 9.17) is 0 Å². The molecule has 0 fully saturated rings. The highest BCUT2D eigenvalue weighted by Gasteiger charge is 2.17. The van der Waals surface area contributed by atoms with E-state index in [1.54, 1.807) is 12.1 Å². The zero-order valence-corrected chi connectivity index (χ0v) is 12.7. The summed E-state index contributed by atoms with van der Waals surface area (Å²) >= 11 is 1.46. The lowest BCUT2D eigenvalue weighted by Crippen LogP contribution is -2.31. The second-order valence-electron chi connectivity index (χ2n) is 4.67. The fourth-order valence-electron chi connectivity index (χ4n) is 1.90. The number of hydrogen-bond acceptors (Lipinski definition) is 2. The Morgan fingerprint density at radius 2 is 1.81 bits per heavy atom. The van der Waals surface area contributed by atoms with Gasteiger partial charge in [-0.05, 0) is 36.2 Å². The molecule has 0 spiro atoms. The smallest absolute Gasteiger partial charge is 0.233 e. The number of nitrogens with one attached hydrogen (secondary N) is 1. The minimum atomic E-state index is -0.263. The van der Waals surface area contributed by atoms with Crippen molar-refractivity contribution in [2.75, 3.05) is 0 Å². The van der Waals surface area contributed by atoms with E-state index in [2.05, 4.69) is 5.32 Å². The van der Waals surface area contributed by atoms with E-state index in [9.17, 15) is 9.18 Å². The molecule has 0 aliphatic carbocycles. The largest absolute Gasteiger partial charge is 0.351 e. The van der Waals surface area contributed by atoms with E-state index in [-0.39, 0.29) is 17.0 Å². The van der Waals surface area contributed by atoms with Crippen LogP contribution in [0.25, 0.3) is 0 Å². The van der Waals surface area contributed by atoms with E-state index in [1.165, 1.54) is 23.9 Å². The van der Waals surface area contributed by atoms with Crippen LogP contribution in [0.1, 0.15) is 18.9 Å². The third kappa shape index (κ3) is 4.90. The molecular weight excluding hydrogens is 285 g/mol. The summed E-state index contributed by atoms with van der Waals surface area (Å²) in [4.78, 5) is 13.1. The summed E-state index contributed by atoms with van der Waals surface area (Å²) in [5.41, 5.74) is 1.08. The number of benzene rings is 2. The minimum absolute atomic E-state index is 0.00989. The van der Waals surface area contributed by atoms with Crippen LogP contribution in [0.3, 0.4) is 0 Å². The molecule has 2 aromatic carbocycles.